The van der Waals surface area contributed by atoms with E-state index >= 15 is 0 Å². The third-order valence-electron chi connectivity index (χ3n) is 2.15. The van der Waals surface area contributed by atoms with E-state index in [-0.39, 0.29) is 18.1 Å². The molecule has 0 saturated carbocycles. The molecule has 0 fully saturated rings. The summed E-state index contributed by atoms with van der Waals surface area (Å²) >= 11 is 0. The molecular formula is C14H29NO2. The van der Waals surface area contributed by atoms with E-state index in [0.717, 1.165) is 13.1 Å². The Labute approximate surface area is 107 Å². The van der Waals surface area contributed by atoms with Crippen molar-refractivity contribution in [3.05, 3.63) is 0 Å². The second-order valence-corrected chi connectivity index (χ2v) is 6.49. The molecule has 0 spiro atoms. The van der Waals surface area contributed by atoms with Crippen LogP contribution in [0.1, 0.15) is 48.5 Å². The van der Waals surface area contributed by atoms with Crippen LogP contribution in [0, 0.1) is 11.8 Å². The maximum Gasteiger partial charge on any atom is 0.248 e. The predicted octanol–water partition coefficient (Wildman–Crippen LogP) is 2.94. The number of amides is 1. The molecule has 0 aromatic heterocycles. The molecule has 0 unspecified atom stereocenters. The SMILES string of the molecule is CC(C)CN(CC(C)C)C(=O)COC(C)(C)C. The molecule has 0 heterocycles. The fraction of sp³-hybridized carbons (Fsp3) is 0.929. The van der Waals surface area contributed by atoms with Crippen molar-refractivity contribution in [2.75, 3.05) is 19.7 Å². The minimum Gasteiger partial charge on any atom is -0.366 e. The number of hydrogen-bond donors (Lipinski definition) is 0. The summed E-state index contributed by atoms with van der Waals surface area (Å²) in [6.45, 7) is 16.2. The summed E-state index contributed by atoms with van der Waals surface area (Å²) in [7, 11) is 0. The Morgan fingerprint density at radius 3 is 1.76 bits per heavy atom. The molecule has 0 N–H and O–H groups in total. The van der Waals surface area contributed by atoms with Gasteiger partial charge in [0.15, 0.2) is 0 Å². The highest BCUT2D eigenvalue weighted by atomic mass is 16.5. The normalized spacial score (nSPS) is 12.3. The van der Waals surface area contributed by atoms with Gasteiger partial charge in [-0.2, -0.15) is 0 Å². The third-order valence-corrected chi connectivity index (χ3v) is 2.15. The smallest absolute Gasteiger partial charge is 0.248 e. The van der Waals surface area contributed by atoms with Gasteiger partial charge in [-0.05, 0) is 32.6 Å². The highest BCUT2D eigenvalue weighted by Gasteiger charge is 2.19. The first-order valence-corrected chi connectivity index (χ1v) is 6.53. The predicted molar refractivity (Wildman–Crippen MR) is 72.0 cm³/mol. The summed E-state index contributed by atoms with van der Waals surface area (Å²) in [6, 6.07) is 0. The van der Waals surface area contributed by atoms with E-state index in [1.54, 1.807) is 0 Å². The Hall–Kier alpha value is -0.570. The Balaban J connectivity index is 4.32. The minimum atomic E-state index is -0.253. The van der Waals surface area contributed by atoms with E-state index in [9.17, 15) is 4.79 Å². The zero-order valence-electron chi connectivity index (χ0n) is 12.5. The van der Waals surface area contributed by atoms with Crippen LogP contribution < -0.4 is 0 Å². The Morgan fingerprint density at radius 2 is 1.47 bits per heavy atom. The number of rotatable bonds is 6. The average molecular weight is 243 g/mol. The molecule has 0 atom stereocenters. The van der Waals surface area contributed by atoms with E-state index in [4.69, 9.17) is 4.74 Å². The lowest BCUT2D eigenvalue weighted by atomic mass is 10.1. The molecule has 1 amide bonds. The highest BCUT2D eigenvalue weighted by Crippen LogP contribution is 2.09. The van der Waals surface area contributed by atoms with Gasteiger partial charge in [-0.1, -0.05) is 27.7 Å². The maximum atomic E-state index is 12.1. The fourth-order valence-electron chi connectivity index (χ4n) is 1.53. The van der Waals surface area contributed by atoms with Gasteiger partial charge in [-0.15, -0.1) is 0 Å². The second-order valence-electron chi connectivity index (χ2n) is 6.49. The third kappa shape index (κ3) is 9.16. The van der Waals surface area contributed by atoms with Crippen LogP contribution in [0.3, 0.4) is 0 Å². The second kappa shape index (κ2) is 7.00. The van der Waals surface area contributed by atoms with Crippen LogP contribution in [0.5, 0.6) is 0 Å². The van der Waals surface area contributed by atoms with Crippen LogP contribution in [-0.2, 0) is 9.53 Å². The number of carbonyl (C=O) groups is 1. The molecule has 0 aromatic carbocycles. The van der Waals surface area contributed by atoms with Gasteiger partial charge in [-0.3, -0.25) is 4.79 Å². The molecule has 0 aliphatic heterocycles. The topological polar surface area (TPSA) is 29.5 Å². The Morgan fingerprint density at radius 1 is 1.06 bits per heavy atom. The fourth-order valence-corrected chi connectivity index (χ4v) is 1.53. The van der Waals surface area contributed by atoms with Gasteiger partial charge in [0.05, 0.1) is 5.60 Å². The van der Waals surface area contributed by atoms with Gasteiger partial charge in [0.2, 0.25) is 5.91 Å². The van der Waals surface area contributed by atoms with Crippen LogP contribution in [0.4, 0.5) is 0 Å². The number of ether oxygens (including phenoxy) is 1. The quantitative estimate of drug-likeness (QED) is 0.718. The van der Waals surface area contributed by atoms with Crippen molar-refractivity contribution in [2.45, 2.75) is 54.1 Å². The summed E-state index contributed by atoms with van der Waals surface area (Å²) in [4.78, 5) is 14.0. The zero-order valence-corrected chi connectivity index (χ0v) is 12.5. The highest BCUT2D eigenvalue weighted by molar-refractivity contribution is 5.77. The number of hydrogen-bond acceptors (Lipinski definition) is 2. The maximum absolute atomic E-state index is 12.1. The van der Waals surface area contributed by atoms with Crippen LogP contribution in [0.25, 0.3) is 0 Å². The summed E-state index contributed by atoms with van der Waals surface area (Å²) < 4.78 is 5.54. The van der Waals surface area contributed by atoms with Crippen molar-refractivity contribution >= 4 is 5.91 Å². The van der Waals surface area contributed by atoms with E-state index in [1.807, 2.05) is 25.7 Å². The van der Waals surface area contributed by atoms with Crippen LogP contribution in [0.15, 0.2) is 0 Å². The average Bonchev–Trinajstić information content (AvgIpc) is 2.10. The van der Waals surface area contributed by atoms with Crippen molar-refractivity contribution in [3.8, 4) is 0 Å². The molecule has 0 rings (SSSR count). The molecule has 3 heteroatoms. The molecule has 3 nitrogen and oxygen atoms in total. The van der Waals surface area contributed by atoms with Crippen LogP contribution in [0.2, 0.25) is 0 Å². The summed E-state index contributed by atoms with van der Waals surface area (Å²) in [5.41, 5.74) is -0.253. The Kier molecular flexibility index (Phi) is 6.76. The van der Waals surface area contributed by atoms with E-state index < -0.39 is 0 Å². The first-order valence-electron chi connectivity index (χ1n) is 6.53. The first kappa shape index (κ1) is 16.4. The summed E-state index contributed by atoms with van der Waals surface area (Å²) in [5.74, 6) is 1.09. The van der Waals surface area contributed by atoms with Gasteiger partial charge in [0.25, 0.3) is 0 Å². The van der Waals surface area contributed by atoms with Gasteiger partial charge >= 0.3 is 0 Å². The van der Waals surface area contributed by atoms with Gasteiger partial charge in [-0.25, -0.2) is 0 Å². The molecule has 0 saturated heterocycles. The zero-order chi connectivity index (χ0) is 13.6. The van der Waals surface area contributed by atoms with Gasteiger partial charge in [0, 0.05) is 13.1 Å². The molecule has 0 aromatic rings. The molecule has 0 aliphatic rings. The minimum absolute atomic E-state index is 0.0994. The largest absolute Gasteiger partial charge is 0.366 e. The molecule has 0 radical (unpaired) electrons. The van der Waals surface area contributed by atoms with Crippen LogP contribution >= 0.6 is 0 Å². The monoisotopic (exact) mass is 243 g/mol. The lowest BCUT2D eigenvalue weighted by Gasteiger charge is -2.28. The van der Waals surface area contributed by atoms with Gasteiger partial charge < -0.3 is 9.64 Å². The Bertz CT molecular complexity index is 219. The van der Waals surface area contributed by atoms with E-state index in [2.05, 4.69) is 27.7 Å². The van der Waals surface area contributed by atoms with Crippen molar-refractivity contribution in [3.63, 3.8) is 0 Å². The standard InChI is InChI=1S/C14H29NO2/c1-11(2)8-15(9-12(3)4)13(16)10-17-14(5,6)7/h11-12H,8-10H2,1-7H3. The van der Waals surface area contributed by atoms with Crippen molar-refractivity contribution < 1.29 is 9.53 Å². The summed E-state index contributed by atoms with van der Waals surface area (Å²) in [5, 5.41) is 0. The molecular weight excluding hydrogens is 214 g/mol. The number of nitrogens with zero attached hydrogens (tertiary/aromatic N) is 1. The first-order chi connectivity index (χ1) is 7.61. The van der Waals surface area contributed by atoms with Crippen molar-refractivity contribution in [1.82, 2.24) is 4.90 Å². The lowest BCUT2D eigenvalue weighted by Crippen LogP contribution is -2.40. The molecule has 102 valence electrons. The summed E-state index contributed by atoms with van der Waals surface area (Å²) in [6.07, 6.45) is 0. The van der Waals surface area contributed by atoms with E-state index in [0.29, 0.717) is 11.8 Å². The van der Waals surface area contributed by atoms with Crippen LogP contribution in [-0.4, -0.2) is 36.1 Å². The molecule has 0 bridgehead atoms. The molecule has 0 aliphatic carbocycles. The van der Waals surface area contributed by atoms with E-state index in [1.165, 1.54) is 0 Å². The van der Waals surface area contributed by atoms with Gasteiger partial charge in [0.1, 0.15) is 6.61 Å². The van der Waals surface area contributed by atoms with Crippen molar-refractivity contribution in [1.29, 1.82) is 0 Å². The van der Waals surface area contributed by atoms with Crippen molar-refractivity contribution in [2.24, 2.45) is 11.8 Å². The lowest BCUT2D eigenvalue weighted by molar-refractivity contribution is -0.142. The number of carbonyl (C=O) groups excluding carboxylic acids is 1. The molecule has 17 heavy (non-hydrogen) atoms.